The van der Waals surface area contributed by atoms with Gasteiger partial charge in [0.15, 0.2) is 0 Å². The number of carbonyl (C=O) groups excluding carboxylic acids is 1. The van der Waals surface area contributed by atoms with E-state index < -0.39 is 23.6 Å². The standard InChI is InChI=1S/C12H21F3N2O/c1-7(8(2)16)10(18)17-6-5-9(11(17,3)4)12(13,14)15/h7-9H,5-6,16H2,1-4H3. The van der Waals surface area contributed by atoms with E-state index in [0.29, 0.717) is 0 Å². The molecule has 0 aliphatic carbocycles. The van der Waals surface area contributed by atoms with Gasteiger partial charge < -0.3 is 10.6 Å². The summed E-state index contributed by atoms with van der Waals surface area (Å²) in [6.45, 7) is 6.44. The molecule has 0 bridgehead atoms. The topological polar surface area (TPSA) is 46.3 Å². The molecule has 0 saturated carbocycles. The summed E-state index contributed by atoms with van der Waals surface area (Å²) >= 11 is 0. The van der Waals surface area contributed by atoms with Crippen molar-refractivity contribution in [1.82, 2.24) is 4.90 Å². The molecule has 0 aromatic rings. The molecular formula is C12H21F3N2O. The largest absolute Gasteiger partial charge is 0.394 e. The zero-order valence-corrected chi connectivity index (χ0v) is 11.2. The highest BCUT2D eigenvalue weighted by Crippen LogP contribution is 2.45. The maximum Gasteiger partial charge on any atom is 0.394 e. The van der Waals surface area contributed by atoms with Crippen LogP contribution in [0.2, 0.25) is 0 Å². The fourth-order valence-electron chi connectivity index (χ4n) is 2.52. The Morgan fingerprint density at radius 2 is 1.89 bits per heavy atom. The Morgan fingerprint density at radius 3 is 2.22 bits per heavy atom. The van der Waals surface area contributed by atoms with Gasteiger partial charge in [0.1, 0.15) is 0 Å². The number of rotatable bonds is 2. The summed E-state index contributed by atoms with van der Waals surface area (Å²) in [4.78, 5) is 13.5. The van der Waals surface area contributed by atoms with E-state index in [1.165, 1.54) is 18.7 Å². The summed E-state index contributed by atoms with van der Waals surface area (Å²) in [7, 11) is 0. The first-order chi connectivity index (χ1) is 7.99. The number of amides is 1. The molecule has 3 nitrogen and oxygen atoms in total. The van der Waals surface area contributed by atoms with Gasteiger partial charge in [-0.05, 0) is 27.2 Å². The summed E-state index contributed by atoms with van der Waals surface area (Å²) < 4.78 is 38.7. The summed E-state index contributed by atoms with van der Waals surface area (Å²) in [5.74, 6) is -2.22. The Hall–Kier alpha value is -0.780. The first-order valence-corrected chi connectivity index (χ1v) is 6.13. The molecular weight excluding hydrogens is 245 g/mol. The minimum absolute atomic E-state index is 0.0338. The van der Waals surface area contributed by atoms with Crippen LogP contribution in [-0.2, 0) is 4.79 Å². The van der Waals surface area contributed by atoms with Gasteiger partial charge in [0.05, 0.1) is 11.8 Å². The highest BCUT2D eigenvalue weighted by Gasteiger charge is 2.56. The number of likely N-dealkylation sites (tertiary alicyclic amines) is 1. The van der Waals surface area contributed by atoms with E-state index in [2.05, 4.69) is 0 Å². The lowest BCUT2D eigenvalue weighted by Gasteiger charge is -2.38. The monoisotopic (exact) mass is 266 g/mol. The van der Waals surface area contributed by atoms with Crippen LogP contribution in [0.4, 0.5) is 13.2 Å². The van der Waals surface area contributed by atoms with Crippen LogP contribution in [0.3, 0.4) is 0 Å². The van der Waals surface area contributed by atoms with Gasteiger partial charge >= 0.3 is 6.18 Å². The third-order valence-electron chi connectivity index (χ3n) is 4.03. The van der Waals surface area contributed by atoms with E-state index >= 15 is 0 Å². The molecule has 1 fully saturated rings. The Balaban J connectivity index is 2.92. The lowest BCUT2D eigenvalue weighted by atomic mass is 9.87. The van der Waals surface area contributed by atoms with Crippen molar-refractivity contribution < 1.29 is 18.0 Å². The van der Waals surface area contributed by atoms with Crippen LogP contribution in [0.15, 0.2) is 0 Å². The number of hydrogen-bond donors (Lipinski definition) is 1. The average molecular weight is 266 g/mol. The Morgan fingerprint density at radius 1 is 1.39 bits per heavy atom. The molecule has 3 unspecified atom stereocenters. The second-order valence-corrected chi connectivity index (χ2v) is 5.67. The van der Waals surface area contributed by atoms with Gasteiger partial charge in [-0.3, -0.25) is 4.79 Å². The number of nitrogens with zero attached hydrogens (tertiary/aromatic N) is 1. The van der Waals surface area contributed by atoms with E-state index in [4.69, 9.17) is 5.73 Å². The Bertz CT molecular complexity index is 326. The van der Waals surface area contributed by atoms with Crippen LogP contribution in [0.25, 0.3) is 0 Å². The zero-order valence-electron chi connectivity index (χ0n) is 11.2. The van der Waals surface area contributed by atoms with Crippen LogP contribution < -0.4 is 5.73 Å². The van der Waals surface area contributed by atoms with Crippen LogP contribution in [0.1, 0.15) is 34.1 Å². The van der Waals surface area contributed by atoms with Crippen molar-refractivity contribution in [2.45, 2.75) is 51.9 Å². The van der Waals surface area contributed by atoms with Crippen molar-refractivity contribution in [2.24, 2.45) is 17.6 Å². The third-order valence-corrected chi connectivity index (χ3v) is 4.03. The molecule has 0 aromatic heterocycles. The maximum absolute atomic E-state index is 12.9. The Labute approximate surface area is 106 Å². The van der Waals surface area contributed by atoms with Crippen LogP contribution >= 0.6 is 0 Å². The first kappa shape index (κ1) is 15.3. The lowest BCUT2D eigenvalue weighted by molar-refractivity contribution is -0.192. The van der Waals surface area contributed by atoms with Crippen LogP contribution in [0, 0.1) is 11.8 Å². The van der Waals surface area contributed by atoms with Crippen molar-refractivity contribution >= 4 is 5.91 Å². The molecule has 18 heavy (non-hydrogen) atoms. The van der Waals surface area contributed by atoms with Crippen LogP contribution in [-0.4, -0.2) is 35.1 Å². The van der Waals surface area contributed by atoms with Crippen LogP contribution in [0.5, 0.6) is 0 Å². The molecule has 1 aliphatic heterocycles. The van der Waals surface area contributed by atoms with Gasteiger partial charge in [-0.25, -0.2) is 0 Å². The highest BCUT2D eigenvalue weighted by molar-refractivity contribution is 5.80. The molecule has 1 amide bonds. The number of hydrogen-bond acceptors (Lipinski definition) is 2. The first-order valence-electron chi connectivity index (χ1n) is 6.13. The smallest absolute Gasteiger partial charge is 0.337 e. The zero-order chi connectivity index (χ0) is 14.3. The Kier molecular flexibility index (Phi) is 4.00. The van der Waals surface area contributed by atoms with Crippen molar-refractivity contribution in [1.29, 1.82) is 0 Å². The molecule has 0 radical (unpaired) electrons. The third kappa shape index (κ3) is 2.63. The molecule has 1 heterocycles. The van der Waals surface area contributed by atoms with E-state index in [1.807, 2.05) is 0 Å². The minimum atomic E-state index is -4.27. The van der Waals surface area contributed by atoms with E-state index in [0.717, 1.165) is 0 Å². The minimum Gasteiger partial charge on any atom is -0.337 e. The van der Waals surface area contributed by atoms with E-state index in [-0.39, 0.29) is 24.9 Å². The summed E-state index contributed by atoms with van der Waals surface area (Å²) in [5.41, 5.74) is 4.45. The van der Waals surface area contributed by atoms with E-state index in [9.17, 15) is 18.0 Å². The fraction of sp³-hybridized carbons (Fsp3) is 0.917. The molecule has 6 heteroatoms. The second-order valence-electron chi connectivity index (χ2n) is 5.67. The van der Waals surface area contributed by atoms with Gasteiger partial charge in [-0.1, -0.05) is 6.92 Å². The SMILES string of the molecule is CC(N)C(C)C(=O)N1CCC(C(F)(F)F)C1(C)C. The maximum atomic E-state index is 12.9. The molecule has 1 saturated heterocycles. The normalized spacial score (nSPS) is 27.1. The quantitative estimate of drug-likeness (QED) is 0.832. The molecule has 0 spiro atoms. The predicted molar refractivity (Wildman–Crippen MR) is 62.8 cm³/mol. The average Bonchev–Trinajstić information content (AvgIpc) is 2.50. The molecule has 0 aromatic carbocycles. The van der Waals surface area contributed by atoms with E-state index in [1.54, 1.807) is 13.8 Å². The predicted octanol–water partition coefficient (Wildman–Crippen LogP) is 2.16. The molecule has 1 rings (SSSR count). The summed E-state index contributed by atoms with van der Waals surface area (Å²) in [6.07, 6.45) is -4.30. The van der Waals surface area contributed by atoms with Gasteiger partial charge in [0.25, 0.3) is 0 Å². The van der Waals surface area contributed by atoms with Crippen molar-refractivity contribution in [2.75, 3.05) is 6.54 Å². The number of alkyl halides is 3. The second kappa shape index (κ2) is 4.72. The lowest BCUT2D eigenvalue weighted by Crippen LogP contribution is -2.52. The van der Waals surface area contributed by atoms with Gasteiger partial charge in [0.2, 0.25) is 5.91 Å². The number of halogens is 3. The van der Waals surface area contributed by atoms with Crippen molar-refractivity contribution in [3.05, 3.63) is 0 Å². The van der Waals surface area contributed by atoms with Crippen molar-refractivity contribution in [3.63, 3.8) is 0 Å². The number of nitrogens with two attached hydrogens (primary N) is 1. The van der Waals surface area contributed by atoms with Gasteiger partial charge in [-0.2, -0.15) is 13.2 Å². The summed E-state index contributed by atoms with van der Waals surface area (Å²) in [5, 5.41) is 0. The number of carbonyl (C=O) groups is 1. The molecule has 2 N–H and O–H groups in total. The molecule has 3 atom stereocenters. The van der Waals surface area contributed by atoms with Crippen molar-refractivity contribution in [3.8, 4) is 0 Å². The molecule has 106 valence electrons. The fourth-order valence-corrected chi connectivity index (χ4v) is 2.52. The summed E-state index contributed by atoms with van der Waals surface area (Å²) in [6, 6.07) is -0.363. The highest BCUT2D eigenvalue weighted by atomic mass is 19.4. The van der Waals surface area contributed by atoms with Gasteiger partial charge in [-0.15, -0.1) is 0 Å². The van der Waals surface area contributed by atoms with Gasteiger partial charge in [0, 0.05) is 18.1 Å². The molecule has 1 aliphatic rings.